The van der Waals surface area contributed by atoms with Crippen LogP contribution in [0.5, 0.6) is 0 Å². The molecule has 0 aliphatic carbocycles. The molecule has 0 spiro atoms. The second kappa shape index (κ2) is 4.79. The molecule has 0 amide bonds. The molecular formula is C15H23NO. The SMILES string of the molecule is COC1CN(Cc2cccc(C(C)(C)C)c2)C1. The van der Waals surface area contributed by atoms with E-state index in [0.29, 0.717) is 6.10 Å². The number of benzene rings is 1. The van der Waals surface area contributed by atoms with Crippen molar-refractivity contribution >= 4 is 0 Å². The molecule has 1 aromatic carbocycles. The number of hydrogen-bond acceptors (Lipinski definition) is 2. The molecule has 1 aromatic rings. The summed E-state index contributed by atoms with van der Waals surface area (Å²) in [6.45, 7) is 9.96. The summed E-state index contributed by atoms with van der Waals surface area (Å²) in [7, 11) is 1.79. The lowest BCUT2D eigenvalue weighted by Crippen LogP contribution is -2.50. The molecule has 0 N–H and O–H groups in total. The van der Waals surface area contributed by atoms with Crippen LogP contribution < -0.4 is 0 Å². The number of nitrogens with zero attached hydrogens (tertiary/aromatic N) is 1. The van der Waals surface area contributed by atoms with Crippen molar-refractivity contribution in [1.82, 2.24) is 4.90 Å². The molecule has 1 heterocycles. The highest BCUT2D eigenvalue weighted by molar-refractivity contribution is 5.28. The second-order valence-corrected chi connectivity index (χ2v) is 6.00. The third kappa shape index (κ3) is 3.08. The first-order chi connectivity index (χ1) is 7.99. The van der Waals surface area contributed by atoms with Gasteiger partial charge < -0.3 is 4.74 Å². The molecule has 2 nitrogen and oxygen atoms in total. The fourth-order valence-electron chi connectivity index (χ4n) is 2.20. The standard InChI is InChI=1S/C15H23NO/c1-15(2,3)13-7-5-6-12(8-13)9-16-10-14(11-16)17-4/h5-8,14H,9-11H2,1-4H3. The first kappa shape index (κ1) is 12.6. The number of ether oxygens (including phenoxy) is 1. The normalized spacial score (nSPS) is 18.1. The van der Waals surface area contributed by atoms with Crippen LogP contribution in [0.4, 0.5) is 0 Å². The quantitative estimate of drug-likeness (QED) is 0.796. The Hall–Kier alpha value is -0.860. The van der Waals surface area contributed by atoms with Crippen molar-refractivity contribution in [2.24, 2.45) is 0 Å². The third-order valence-corrected chi connectivity index (χ3v) is 3.46. The van der Waals surface area contributed by atoms with E-state index in [2.05, 4.69) is 49.9 Å². The fourth-order valence-corrected chi connectivity index (χ4v) is 2.20. The molecule has 0 bridgehead atoms. The van der Waals surface area contributed by atoms with E-state index in [0.717, 1.165) is 19.6 Å². The van der Waals surface area contributed by atoms with Crippen LogP contribution in [0.15, 0.2) is 24.3 Å². The summed E-state index contributed by atoms with van der Waals surface area (Å²) >= 11 is 0. The van der Waals surface area contributed by atoms with E-state index < -0.39 is 0 Å². The van der Waals surface area contributed by atoms with Gasteiger partial charge in [0.05, 0.1) is 6.10 Å². The van der Waals surface area contributed by atoms with Gasteiger partial charge in [0.1, 0.15) is 0 Å². The van der Waals surface area contributed by atoms with Crippen molar-refractivity contribution in [3.05, 3.63) is 35.4 Å². The van der Waals surface area contributed by atoms with Gasteiger partial charge in [0.25, 0.3) is 0 Å². The first-order valence-corrected chi connectivity index (χ1v) is 6.33. The first-order valence-electron chi connectivity index (χ1n) is 6.33. The summed E-state index contributed by atoms with van der Waals surface area (Å²) < 4.78 is 5.29. The van der Waals surface area contributed by atoms with E-state index in [4.69, 9.17) is 4.74 Å². The zero-order valence-electron chi connectivity index (χ0n) is 11.4. The van der Waals surface area contributed by atoms with Gasteiger partial charge in [0.2, 0.25) is 0 Å². The highest BCUT2D eigenvalue weighted by Crippen LogP contribution is 2.24. The predicted octanol–water partition coefficient (Wildman–Crippen LogP) is 2.81. The molecule has 1 fully saturated rings. The van der Waals surface area contributed by atoms with Gasteiger partial charge in [0.15, 0.2) is 0 Å². The Labute approximate surface area is 105 Å². The molecule has 1 saturated heterocycles. The molecule has 1 aliphatic heterocycles. The number of likely N-dealkylation sites (tertiary alicyclic amines) is 1. The van der Waals surface area contributed by atoms with Gasteiger partial charge in [0, 0.05) is 26.7 Å². The van der Waals surface area contributed by atoms with E-state index in [9.17, 15) is 0 Å². The Morgan fingerprint density at radius 1 is 1.29 bits per heavy atom. The predicted molar refractivity (Wildman–Crippen MR) is 71.2 cm³/mol. The van der Waals surface area contributed by atoms with Gasteiger partial charge in [-0.25, -0.2) is 0 Å². The van der Waals surface area contributed by atoms with Gasteiger partial charge >= 0.3 is 0 Å². The van der Waals surface area contributed by atoms with Crippen LogP contribution in [-0.4, -0.2) is 31.2 Å². The molecule has 0 unspecified atom stereocenters. The van der Waals surface area contributed by atoms with E-state index in [1.807, 2.05) is 0 Å². The average Bonchev–Trinajstić information content (AvgIpc) is 2.22. The maximum Gasteiger partial charge on any atom is 0.0825 e. The summed E-state index contributed by atoms with van der Waals surface area (Å²) in [5.41, 5.74) is 3.06. The highest BCUT2D eigenvalue weighted by Gasteiger charge is 2.26. The number of hydrogen-bond donors (Lipinski definition) is 0. The average molecular weight is 233 g/mol. The summed E-state index contributed by atoms with van der Waals surface area (Å²) in [5.74, 6) is 0. The minimum absolute atomic E-state index is 0.236. The van der Waals surface area contributed by atoms with Crippen molar-refractivity contribution in [3.63, 3.8) is 0 Å². The van der Waals surface area contributed by atoms with Crippen LogP contribution in [0.25, 0.3) is 0 Å². The van der Waals surface area contributed by atoms with Crippen LogP contribution in [0.2, 0.25) is 0 Å². The largest absolute Gasteiger partial charge is 0.379 e. The fraction of sp³-hybridized carbons (Fsp3) is 0.600. The lowest BCUT2D eigenvalue weighted by Gasteiger charge is -2.38. The second-order valence-electron chi connectivity index (χ2n) is 6.00. The smallest absolute Gasteiger partial charge is 0.0825 e. The van der Waals surface area contributed by atoms with E-state index in [1.165, 1.54) is 11.1 Å². The van der Waals surface area contributed by atoms with E-state index in [-0.39, 0.29) is 5.41 Å². The molecule has 0 aromatic heterocycles. The van der Waals surface area contributed by atoms with Crippen LogP contribution >= 0.6 is 0 Å². The number of methoxy groups -OCH3 is 1. The Bertz CT molecular complexity index is 375. The maximum atomic E-state index is 5.29. The van der Waals surface area contributed by atoms with Crippen molar-refractivity contribution in [1.29, 1.82) is 0 Å². The minimum atomic E-state index is 0.236. The molecular weight excluding hydrogens is 210 g/mol. The molecule has 2 rings (SSSR count). The van der Waals surface area contributed by atoms with Crippen molar-refractivity contribution < 1.29 is 4.74 Å². The van der Waals surface area contributed by atoms with Crippen LogP contribution in [0.1, 0.15) is 31.9 Å². The summed E-state index contributed by atoms with van der Waals surface area (Å²) in [6.07, 6.45) is 0.445. The zero-order valence-corrected chi connectivity index (χ0v) is 11.4. The van der Waals surface area contributed by atoms with Crippen molar-refractivity contribution in [3.8, 4) is 0 Å². The molecule has 0 radical (unpaired) electrons. The molecule has 1 aliphatic rings. The summed E-state index contributed by atoms with van der Waals surface area (Å²) in [5, 5.41) is 0. The summed E-state index contributed by atoms with van der Waals surface area (Å²) in [6, 6.07) is 8.94. The van der Waals surface area contributed by atoms with Gasteiger partial charge in [-0.2, -0.15) is 0 Å². The van der Waals surface area contributed by atoms with Crippen LogP contribution in [0.3, 0.4) is 0 Å². The molecule has 17 heavy (non-hydrogen) atoms. The Morgan fingerprint density at radius 2 is 2.00 bits per heavy atom. The molecule has 2 heteroatoms. The van der Waals surface area contributed by atoms with Crippen LogP contribution in [-0.2, 0) is 16.7 Å². The highest BCUT2D eigenvalue weighted by atomic mass is 16.5. The summed E-state index contributed by atoms with van der Waals surface area (Å²) in [4.78, 5) is 2.43. The topological polar surface area (TPSA) is 12.5 Å². The zero-order chi connectivity index (χ0) is 12.5. The van der Waals surface area contributed by atoms with Crippen molar-refractivity contribution in [2.45, 2.75) is 38.8 Å². The molecule has 0 saturated carbocycles. The lowest BCUT2D eigenvalue weighted by molar-refractivity contribution is -0.0334. The number of rotatable bonds is 3. The van der Waals surface area contributed by atoms with Gasteiger partial charge in [-0.15, -0.1) is 0 Å². The van der Waals surface area contributed by atoms with E-state index in [1.54, 1.807) is 7.11 Å². The van der Waals surface area contributed by atoms with Crippen LogP contribution in [0, 0.1) is 0 Å². The van der Waals surface area contributed by atoms with Crippen molar-refractivity contribution in [2.75, 3.05) is 20.2 Å². The molecule has 94 valence electrons. The monoisotopic (exact) mass is 233 g/mol. The lowest BCUT2D eigenvalue weighted by atomic mass is 9.86. The Balaban J connectivity index is 1.98. The van der Waals surface area contributed by atoms with Gasteiger partial charge in [-0.3, -0.25) is 4.90 Å². The third-order valence-electron chi connectivity index (χ3n) is 3.46. The van der Waals surface area contributed by atoms with Gasteiger partial charge in [-0.05, 0) is 16.5 Å². The van der Waals surface area contributed by atoms with Gasteiger partial charge in [-0.1, -0.05) is 45.0 Å². The molecule has 0 atom stereocenters. The minimum Gasteiger partial charge on any atom is -0.379 e. The maximum absolute atomic E-state index is 5.29. The Kier molecular flexibility index (Phi) is 3.55. The Morgan fingerprint density at radius 3 is 2.59 bits per heavy atom. The van der Waals surface area contributed by atoms with E-state index >= 15 is 0 Å².